The van der Waals surface area contributed by atoms with Crippen molar-refractivity contribution in [1.29, 1.82) is 5.26 Å². The first-order valence-corrected chi connectivity index (χ1v) is 9.80. The van der Waals surface area contributed by atoms with Gasteiger partial charge in [-0.2, -0.15) is 5.26 Å². The molecule has 3 rings (SSSR count). The zero-order valence-electron chi connectivity index (χ0n) is 14.0. The summed E-state index contributed by atoms with van der Waals surface area (Å²) in [7, 11) is 0. The normalized spacial score (nSPS) is 11.7. The molecular weight excluding hydrogens is 368 g/mol. The van der Waals surface area contributed by atoms with Crippen molar-refractivity contribution in [3.8, 4) is 6.07 Å². The fourth-order valence-electron chi connectivity index (χ4n) is 2.32. The van der Waals surface area contributed by atoms with E-state index in [0.29, 0.717) is 28.1 Å². The molecule has 0 saturated heterocycles. The first-order chi connectivity index (χ1) is 12.7. The van der Waals surface area contributed by atoms with Crippen molar-refractivity contribution in [2.75, 3.05) is 11.1 Å². The highest BCUT2D eigenvalue weighted by Gasteiger charge is 2.14. The molecular formula is C18H16N4O2S2. The van der Waals surface area contributed by atoms with Crippen molar-refractivity contribution < 1.29 is 9.21 Å². The minimum absolute atomic E-state index is 0.138. The van der Waals surface area contributed by atoms with Crippen LogP contribution < -0.4 is 5.32 Å². The lowest BCUT2D eigenvalue weighted by Gasteiger charge is -2.08. The predicted octanol–water partition coefficient (Wildman–Crippen LogP) is 4.08. The SMILES string of the molecule is CC(Cc1nnc(SCC(=O)Nc2sccc2C#N)o1)c1ccccc1. The molecule has 1 N–H and O–H groups in total. The second-order valence-electron chi connectivity index (χ2n) is 5.59. The van der Waals surface area contributed by atoms with Crippen LogP contribution in [0, 0.1) is 11.3 Å². The number of rotatable bonds is 7. The lowest BCUT2D eigenvalue weighted by atomic mass is 9.98. The predicted molar refractivity (Wildman–Crippen MR) is 101 cm³/mol. The molecule has 3 aromatic rings. The first kappa shape index (κ1) is 18.2. The Morgan fingerprint density at radius 3 is 2.92 bits per heavy atom. The van der Waals surface area contributed by atoms with Gasteiger partial charge in [-0.05, 0) is 22.9 Å². The van der Waals surface area contributed by atoms with Crippen LogP contribution in [0.3, 0.4) is 0 Å². The topological polar surface area (TPSA) is 91.8 Å². The van der Waals surface area contributed by atoms with E-state index in [2.05, 4.69) is 34.6 Å². The van der Waals surface area contributed by atoms with Gasteiger partial charge in [0.1, 0.15) is 11.1 Å². The molecule has 0 radical (unpaired) electrons. The number of thioether (sulfide) groups is 1. The van der Waals surface area contributed by atoms with Gasteiger partial charge in [-0.15, -0.1) is 21.5 Å². The number of carbonyl (C=O) groups is 1. The van der Waals surface area contributed by atoms with Crippen molar-refractivity contribution in [2.45, 2.75) is 24.5 Å². The molecule has 0 aliphatic rings. The largest absolute Gasteiger partial charge is 0.416 e. The Morgan fingerprint density at radius 1 is 1.35 bits per heavy atom. The monoisotopic (exact) mass is 384 g/mol. The zero-order valence-corrected chi connectivity index (χ0v) is 15.6. The summed E-state index contributed by atoms with van der Waals surface area (Å²) < 4.78 is 5.62. The van der Waals surface area contributed by atoms with E-state index in [-0.39, 0.29) is 17.6 Å². The number of hydrogen-bond acceptors (Lipinski definition) is 7. The molecule has 0 spiro atoms. The van der Waals surface area contributed by atoms with Crippen LogP contribution in [0.1, 0.15) is 29.9 Å². The van der Waals surface area contributed by atoms with Gasteiger partial charge in [0.05, 0.1) is 11.3 Å². The van der Waals surface area contributed by atoms with Crippen LogP contribution in [0.2, 0.25) is 0 Å². The summed E-state index contributed by atoms with van der Waals surface area (Å²) in [6.07, 6.45) is 0.643. The first-order valence-electron chi connectivity index (χ1n) is 7.93. The molecule has 0 fully saturated rings. The smallest absolute Gasteiger partial charge is 0.277 e. The van der Waals surface area contributed by atoms with Crippen molar-refractivity contribution in [1.82, 2.24) is 10.2 Å². The van der Waals surface area contributed by atoms with Gasteiger partial charge >= 0.3 is 0 Å². The molecule has 0 aliphatic heterocycles. The molecule has 1 atom stereocenters. The number of nitriles is 1. The summed E-state index contributed by atoms with van der Waals surface area (Å²) in [5, 5.41) is 22.4. The van der Waals surface area contributed by atoms with E-state index >= 15 is 0 Å². The van der Waals surface area contributed by atoms with Gasteiger partial charge in [0.15, 0.2) is 0 Å². The Bertz CT molecular complexity index is 915. The van der Waals surface area contributed by atoms with Gasteiger partial charge in [-0.1, -0.05) is 49.0 Å². The lowest BCUT2D eigenvalue weighted by Crippen LogP contribution is -2.13. The van der Waals surface area contributed by atoms with E-state index in [1.807, 2.05) is 24.3 Å². The highest BCUT2D eigenvalue weighted by Crippen LogP contribution is 2.24. The Balaban J connectivity index is 1.51. The van der Waals surface area contributed by atoms with Crippen molar-refractivity contribution >= 4 is 34.0 Å². The average Bonchev–Trinajstić information content (AvgIpc) is 3.29. The van der Waals surface area contributed by atoms with Crippen molar-refractivity contribution in [2.24, 2.45) is 0 Å². The van der Waals surface area contributed by atoms with E-state index in [9.17, 15) is 4.79 Å². The number of hydrogen-bond donors (Lipinski definition) is 1. The van der Waals surface area contributed by atoms with Gasteiger partial charge in [0, 0.05) is 6.42 Å². The van der Waals surface area contributed by atoms with Crippen molar-refractivity contribution in [3.63, 3.8) is 0 Å². The summed E-state index contributed by atoms with van der Waals surface area (Å²) in [4.78, 5) is 12.0. The minimum atomic E-state index is -0.216. The number of carbonyl (C=O) groups excluding carboxylic acids is 1. The van der Waals surface area contributed by atoms with E-state index in [1.165, 1.54) is 28.7 Å². The molecule has 8 heteroatoms. The van der Waals surface area contributed by atoms with E-state index in [4.69, 9.17) is 9.68 Å². The number of aromatic nitrogens is 2. The number of anilines is 1. The number of nitrogens with zero attached hydrogens (tertiary/aromatic N) is 3. The molecule has 2 heterocycles. The molecule has 2 aromatic heterocycles. The maximum atomic E-state index is 12.0. The van der Waals surface area contributed by atoms with Crippen LogP contribution in [-0.2, 0) is 11.2 Å². The van der Waals surface area contributed by atoms with Crippen LogP contribution in [0.5, 0.6) is 0 Å². The van der Waals surface area contributed by atoms with Crippen LogP contribution in [-0.4, -0.2) is 21.9 Å². The summed E-state index contributed by atoms with van der Waals surface area (Å²) >= 11 is 2.49. The quantitative estimate of drug-likeness (QED) is 0.617. The summed E-state index contributed by atoms with van der Waals surface area (Å²) in [6.45, 7) is 2.10. The van der Waals surface area contributed by atoms with E-state index in [0.717, 1.165) is 0 Å². The van der Waals surface area contributed by atoms with Gasteiger partial charge in [-0.25, -0.2) is 0 Å². The van der Waals surface area contributed by atoms with E-state index < -0.39 is 0 Å². The number of nitrogens with one attached hydrogen (secondary N) is 1. The third-order valence-corrected chi connectivity index (χ3v) is 5.31. The third-order valence-electron chi connectivity index (χ3n) is 3.66. The molecule has 1 aromatic carbocycles. The van der Waals surface area contributed by atoms with Crippen LogP contribution in [0.25, 0.3) is 0 Å². The molecule has 0 bridgehead atoms. The average molecular weight is 384 g/mol. The second-order valence-corrected chi connectivity index (χ2v) is 7.43. The molecule has 26 heavy (non-hydrogen) atoms. The minimum Gasteiger partial charge on any atom is -0.416 e. The molecule has 6 nitrogen and oxygen atoms in total. The fourth-order valence-corrected chi connectivity index (χ4v) is 3.66. The Labute approximate surface area is 159 Å². The highest BCUT2D eigenvalue weighted by molar-refractivity contribution is 7.99. The standard InChI is InChI=1S/C18H16N4O2S2/c1-12(13-5-3-2-4-6-13)9-16-21-22-18(24-16)26-11-15(23)20-17-14(10-19)7-8-25-17/h2-8,12H,9,11H2,1H3,(H,20,23). The second kappa shape index (κ2) is 8.65. The summed E-state index contributed by atoms with van der Waals surface area (Å²) in [5.41, 5.74) is 1.67. The third kappa shape index (κ3) is 4.71. The molecule has 0 saturated carbocycles. The number of benzene rings is 1. The summed E-state index contributed by atoms with van der Waals surface area (Å²) in [5.74, 6) is 0.736. The molecule has 1 amide bonds. The maximum absolute atomic E-state index is 12.0. The Hall–Kier alpha value is -2.63. The Morgan fingerprint density at radius 2 is 2.15 bits per heavy atom. The van der Waals surface area contributed by atoms with Gasteiger partial charge in [-0.3, -0.25) is 4.79 Å². The number of amides is 1. The van der Waals surface area contributed by atoms with Gasteiger partial charge in [0.2, 0.25) is 11.8 Å². The zero-order chi connectivity index (χ0) is 18.4. The molecule has 1 unspecified atom stereocenters. The molecule has 132 valence electrons. The van der Waals surface area contributed by atoms with Crippen LogP contribution in [0.15, 0.2) is 51.4 Å². The van der Waals surface area contributed by atoms with Crippen LogP contribution in [0.4, 0.5) is 5.00 Å². The van der Waals surface area contributed by atoms with Gasteiger partial charge < -0.3 is 9.73 Å². The number of thiophene rings is 1. The highest BCUT2D eigenvalue weighted by atomic mass is 32.2. The maximum Gasteiger partial charge on any atom is 0.277 e. The fraction of sp³-hybridized carbons (Fsp3) is 0.222. The summed E-state index contributed by atoms with van der Waals surface area (Å²) in [6, 6.07) is 13.8. The van der Waals surface area contributed by atoms with E-state index in [1.54, 1.807) is 11.4 Å². The Kier molecular flexibility index (Phi) is 6.04. The van der Waals surface area contributed by atoms with Crippen molar-refractivity contribution in [3.05, 3.63) is 58.8 Å². The van der Waals surface area contributed by atoms with Gasteiger partial charge in [0.25, 0.3) is 5.22 Å². The van der Waals surface area contributed by atoms with Crippen LogP contribution >= 0.6 is 23.1 Å². The molecule has 0 aliphatic carbocycles. The lowest BCUT2D eigenvalue weighted by molar-refractivity contribution is -0.113.